The lowest BCUT2D eigenvalue weighted by Gasteiger charge is -2.12. The normalized spacial score (nSPS) is 11.3. The molecule has 0 atom stereocenters. The molecular weight excluding hydrogens is 419 g/mol. The molecule has 0 radical (unpaired) electrons. The lowest BCUT2D eigenvalue weighted by molar-refractivity contribution is -0.385. The van der Waals surface area contributed by atoms with Gasteiger partial charge in [0.15, 0.2) is 0 Å². The van der Waals surface area contributed by atoms with Gasteiger partial charge in [-0.05, 0) is 24.3 Å². The molecule has 0 saturated carbocycles. The average Bonchev–Trinajstić information content (AvgIpc) is 2.65. The monoisotopic (exact) mass is 435 g/mol. The van der Waals surface area contributed by atoms with Gasteiger partial charge in [0.25, 0.3) is 0 Å². The Morgan fingerprint density at radius 1 is 1.03 bits per heavy atom. The van der Waals surface area contributed by atoms with E-state index in [9.17, 15) is 23.3 Å². The molecule has 0 unspecified atom stereocenters. The van der Waals surface area contributed by atoms with E-state index in [1.807, 2.05) is 0 Å². The van der Waals surface area contributed by atoms with Crippen molar-refractivity contribution in [2.45, 2.75) is 6.18 Å². The van der Waals surface area contributed by atoms with Crippen LogP contribution in [0.15, 0.2) is 36.4 Å². The minimum Gasteiger partial charge on any atom is -0.484 e. The predicted molar refractivity (Wildman–Crippen MR) is 97.8 cm³/mol. The van der Waals surface area contributed by atoms with Crippen molar-refractivity contribution in [3.05, 3.63) is 57.1 Å². The molecule has 0 heterocycles. The minimum atomic E-state index is -4.54. The molecule has 158 valence electrons. The second-order valence-electron chi connectivity index (χ2n) is 5.59. The Hall–Kier alpha value is -2.56. The van der Waals surface area contributed by atoms with Crippen LogP contribution < -0.4 is 9.47 Å². The standard InChI is InChI=1S/C18H17ClF3NO6/c1-26-6-7-27-8-9-28-17-11-13(3-4-15(17)23(24)25)29-16-5-2-12(10-14(16)19)18(20,21)22/h2-5,10-11H,6-9H2,1H3. The maximum Gasteiger partial charge on any atom is 0.416 e. The van der Waals surface area contributed by atoms with Gasteiger partial charge in [-0.3, -0.25) is 10.1 Å². The van der Waals surface area contributed by atoms with Gasteiger partial charge in [-0.2, -0.15) is 13.2 Å². The van der Waals surface area contributed by atoms with Gasteiger partial charge in [-0.15, -0.1) is 0 Å². The number of hydrogen-bond acceptors (Lipinski definition) is 6. The molecule has 0 N–H and O–H groups in total. The van der Waals surface area contributed by atoms with E-state index >= 15 is 0 Å². The molecule has 2 aromatic rings. The van der Waals surface area contributed by atoms with Crippen molar-refractivity contribution in [1.29, 1.82) is 0 Å². The average molecular weight is 436 g/mol. The van der Waals surface area contributed by atoms with Crippen LogP contribution in [0.1, 0.15) is 5.56 Å². The van der Waals surface area contributed by atoms with Crippen LogP contribution in [0.25, 0.3) is 0 Å². The fraction of sp³-hybridized carbons (Fsp3) is 0.333. The zero-order valence-corrected chi connectivity index (χ0v) is 16.0. The van der Waals surface area contributed by atoms with E-state index in [0.29, 0.717) is 13.2 Å². The summed E-state index contributed by atoms with van der Waals surface area (Å²) in [5.74, 6) is -0.0131. The molecule has 0 aliphatic rings. The first-order chi connectivity index (χ1) is 13.7. The van der Waals surface area contributed by atoms with Crippen LogP contribution in [-0.4, -0.2) is 38.5 Å². The quantitative estimate of drug-likeness (QED) is 0.293. The van der Waals surface area contributed by atoms with Gasteiger partial charge < -0.3 is 18.9 Å². The second kappa shape index (κ2) is 10.3. The Bertz CT molecular complexity index is 847. The third-order valence-corrected chi connectivity index (χ3v) is 3.83. The molecule has 0 saturated heterocycles. The first-order valence-electron chi connectivity index (χ1n) is 8.25. The fourth-order valence-electron chi connectivity index (χ4n) is 2.17. The summed E-state index contributed by atoms with van der Waals surface area (Å²) < 4.78 is 59.0. The van der Waals surface area contributed by atoms with E-state index in [2.05, 4.69) is 0 Å². The van der Waals surface area contributed by atoms with Gasteiger partial charge in [0.2, 0.25) is 5.75 Å². The largest absolute Gasteiger partial charge is 0.484 e. The Morgan fingerprint density at radius 3 is 2.38 bits per heavy atom. The number of rotatable bonds is 10. The van der Waals surface area contributed by atoms with E-state index < -0.39 is 16.7 Å². The Kier molecular flexibility index (Phi) is 8.06. The lowest BCUT2D eigenvalue weighted by atomic mass is 10.2. The number of nitrogens with zero attached hydrogens (tertiary/aromatic N) is 1. The van der Waals surface area contributed by atoms with Gasteiger partial charge in [-0.1, -0.05) is 11.6 Å². The third kappa shape index (κ3) is 6.77. The van der Waals surface area contributed by atoms with Crippen LogP contribution in [0.2, 0.25) is 5.02 Å². The summed E-state index contributed by atoms with van der Waals surface area (Å²) in [5.41, 5.74) is -1.22. The van der Waals surface area contributed by atoms with Crippen LogP contribution in [0.4, 0.5) is 18.9 Å². The maximum absolute atomic E-state index is 12.7. The molecule has 7 nitrogen and oxygen atoms in total. The SMILES string of the molecule is COCCOCCOc1cc(Oc2ccc(C(F)(F)F)cc2Cl)ccc1[N+](=O)[O-]. The van der Waals surface area contributed by atoms with Crippen molar-refractivity contribution >= 4 is 17.3 Å². The zero-order valence-electron chi connectivity index (χ0n) is 15.2. The highest BCUT2D eigenvalue weighted by Crippen LogP contribution is 2.38. The summed E-state index contributed by atoms with van der Waals surface area (Å²) in [4.78, 5) is 10.5. The molecule has 0 fully saturated rings. The predicted octanol–water partition coefficient (Wildman–Crippen LogP) is 5.10. The van der Waals surface area contributed by atoms with E-state index in [1.165, 1.54) is 19.2 Å². The first-order valence-corrected chi connectivity index (χ1v) is 8.62. The Morgan fingerprint density at radius 2 is 1.76 bits per heavy atom. The fourth-order valence-corrected chi connectivity index (χ4v) is 2.39. The van der Waals surface area contributed by atoms with E-state index in [0.717, 1.165) is 24.3 Å². The zero-order chi connectivity index (χ0) is 21.4. The number of hydrogen-bond donors (Lipinski definition) is 0. The summed E-state index contributed by atoms with van der Waals surface area (Å²) in [6, 6.07) is 6.32. The highest BCUT2D eigenvalue weighted by atomic mass is 35.5. The van der Waals surface area contributed by atoms with Crippen LogP contribution in [-0.2, 0) is 15.7 Å². The molecule has 0 bridgehead atoms. The molecule has 0 amide bonds. The van der Waals surface area contributed by atoms with Crippen molar-refractivity contribution in [3.63, 3.8) is 0 Å². The number of nitro groups is 1. The smallest absolute Gasteiger partial charge is 0.416 e. The van der Waals surface area contributed by atoms with Gasteiger partial charge >= 0.3 is 11.9 Å². The van der Waals surface area contributed by atoms with Crippen molar-refractivity contribution in [1.82, 2.24) is 0 Å². The molecule has 0 spiro atoms. The molecule has 0 aliphatic heterocycles. The minimum absolute atomic E-state index is 0.0367. The summed E-state index contributed by atoms with van der Waals surface area (Å²) in [5, 5.41) is 10.9. The summed E-state index contributed by atoms with van der Waals surface area (Å²) in [7, 11) is 1.53. The first kappa shape index (κ1) is 22.7. The summed E-state index contributed by atoms with van der Waals surface area (Å²) in [6.07, 6.45) is -4.54. The number of halogens is 4. The highest BCUT2D eigenvalue weighted by molar-refractivity contribution is 6.32. The highest BCUT2D eigenvalue weighted by Gasteiger charge is 2.31. The topological polar surface area (TPSA) is 80.1 Å². The number of nitro benzene ring substituents is 1. The number of methoxy groups -OCH3 is 1. The van der Waals surface area contributed by atoms with Crippen molar-refractivity contribution in [3.8, 4) is 17.2 Å². The lowest BCUT2D eigenvalue weighted by Crippen LogP contribution is -2.10. The Balaban J connectivity index is 2.12. The second-order valence-corrected chi connectivity index (χ2v) is 5.99. The Labute approximate surface area is 169 Å². The summed E-state index contributed by atoms with van der Waals surface area (Å²) in [6.45, 7) is 0.959. The van der Waals surface area contributed by atoms with Gasteiger partial charge in [0.05, 0.1) is 35.3 Å². The molecule has 2 rings (SSSR count). The van der Waals surface area contributed by atoms with E-state index in [4.69, 9.17) is 30.5 Å². The van der Waals surface area contributed by atoms with E-state index in [1.54, 1.807) is 0 Å². The molecule has 2 aromatic carbocycles. The maximum atomic E-state index is 12.7. The number of benzene rings is 2. The van der Waals surface area contributed by atoms with Crippen LogP contribution in [0.5, 0.6) is 17.2 Å². The van der Waals surface area contributed by atoms with Gasteiger partial charge in [0, 0.05) is 19.2 Å². The van der Waals surface area contributed by atoms with E-state index in [-0.39, 0.29) is 41.2 Å². The van der Waals surface area contributed by atoms with Gasteiger partial charge in [-0.25, -0.2) is 0 Å². The molecule has 0 aromatic heterocycles. The third-order valence-electron chi connectivity index (χ3n) is 3.53. The molecular formula is C18H17ClF3NO6. The van der Waals surface area contributed by atoms with Crippen molar-refractivity contribution < 1.29 is 37.0 Å². The molecule has 29 heavy (non-hydrogen) atoms. The summed E-state index contributed by atoms with van der Waals surface area (Å²) >= 11 is 5.86. The molecule has 0 aliphatic carbocycles. The number of ether oxygens (including phenoxy) is 4. The van der Waals surface area contributed by atoms with Crippen molar-refractivity contribution in [2.24, 2.45) is 0 Å². The van der Waals surface area contributed by atoms with Crippen LogP contribution >= 0.6 is 11.6 Å². The van der Waals surface area contributed by atoms with Gasteiger partial charge in [0.1, 0.15) is 18.1 Å². The van der Waals surface area contributed by atoms with Crippen LogP contribution in [0, 0.1) is 10.1 Å². The van der Waals surface area contributed by atoms with Crippen molar-refractivity contribution in [2.75, 3.05) is 33.5 Å². The number of alkyl halides is 3. The van der Waals surface area contributed by atoms with Crippen LogP contribution in [0.3, 0.4) is 0 Å². The molecule has 11 heteroatoms.